The zero-order valence-corrected chi connectivity index (χ0v) is 16.7. The van der Waals surface area contributed by atoms with Crippen molar-refractivity contribution in [2.24, 2.45) is 0 Å². The Morgan fingerprint density at radius 1 is 0.759 bits per heavy atom. The van der Waals surface area contributed by atoms with Gasteiger partial charge in [0, 0.05) is 11.4 Å². The van der Waals surface area contributed by atoms with Gasteiger partial charge in [-0.05, 0) is 49.9 Å². The van der Waals surface area contributed by atoms with Gasteiger partial charge in [0.25, 0.3) is 0 Å². The lowest BCUT2D eigenvalue weighted by atomic mass is 9.92. The number of aliphatic hydroxyl groups excluding tert-OH is 1. The minimum absolute atomic E-state index is 0. The maximum Gasteiger partial charge on any atom is 0.0841 e. The number of fused-ring (bicyclic) bond motifs is 1. The van der Waals surface area contributed by atoms with Gasteiger partial charge in [-0.25, -0.2) is 0 Å². The van der Waals surface area contributed by atoms with Crippen LogP contribution in [0.3, 0.4) is 0 Å². The fourth-order valence-electron chi connectivity index (χ4n) is 3.86. The first-order valence-electron chi connectivity index (χ1n) is 10.7. The predicted molar refractivity (Wildman–Crippen MR) is 123 cm³/mol. The van der Waals surface area contributed by atoms with Crippen molar-refractivity contribution in [3.8, 4) is 0 Å². The molecule has 0 aromatic heterocycles. The van der Waals surface area contributed by atoms with E-state index in [1.165, 1.54) is 32.1 Å². The monoisotopic (exact) mass is 398 g/mol. The summed E-state index contributed by atoms with van der Waals surface area (Å²) >= 11 is 0. The molecule has 2 aromatic carbocycles. The Labute approximate surface area is 176 Å². The van der Waals surface area contributed by atoms with E-state index in [-0.39, 0.29) is 19.6 Å². The second-order valence-electron chi connectivity index (χ2n) is 7.88. The van der Waals surface area contributed by atoms with Crippen LogP contribution in [0, 0.1) is 0 Å². The van der Waals surface area contributed by atoms with E-state index in [0.29, 0.717) is 12.2 Å². The molecule has 1 heterocycles. The van der Waals surface area contributed by atoms with E-state index in [0.717, 1.165) is 30.6 Å². The minimum Gasteiger partial charge on any atom is -0.399 e. The molecule has 0 spiro atoms. The number of anilines is 2. The third-order valence-electron chi connectivity index (χ3n) is 5.57. The second-order valence-corrected chi connectivity index (χ2v) is 7.88. The first-order chi connectivity index (χ1) is 13.7. The maximum atomic E-state index is 9.77. The van der Waals surface area contributed by atoms with Crippen LogP contribution in [0.25, 0.3) is 0 Å². The summed E-state index contributed by atoms with van der Waals surface area (Å²) in [6.45, 7) is 0. The normalized spacial score (nSPS) is 26.8. The van der Waals surface area contributed by atoms with Gasteiger partial charge in [0.05, 0.1) is 24.4 Å². The molecule has 4 heteroatoms. The molecule has 5 rings (SSSR count). The van der Waals surface area contributed by atoms with Crippen molar-refractivity contribution in [1.82, 2.24) is 0 Å². The Kier molecular flexibility index (Phi) is 10.0. The van der Waals surface area contributed by atoms with Crippen LogP contribution in [-0.2, 0) is 4.74 Å². The van der Waals surface area contributed by atoms with Crippen molar-refractivity contribution < 1.29 is 9.84 Å². The Morgan fingerprint density at radius 3 is 1.76 bits per heavy atom. The van der Waals surface area contributed by atoms with Crippen LogP contribution in [0.2, 0.25) is 0 Å². The molecule has 1 aliphatic heterocycles. The molecule has 1 saturated heterocycles. The highest BCUT2D eigenvalue weighted by molar-refractivity contribution is 5.43. The number of benzene rings is 2. The van der Waals surface area contributed by atoms with Crippen molar-refractivity contribution in [2.45, 2.75) is 83.1 Å². The summed E-state index contributed by atoms with van der Waals surface area (Å²) < 4.78 is 5.28. The number of nitrogens with two attached hydrogens (primary N) is 1. The molecule has 0 amide bonds. The number of hydrogen-bond donors (Lipinski definition) is 3. The second kappa shape index (κ2) is 12.5. The minimum atomic E-state index is -0.177. The van der Waals surface area contributed by atoms with Gasteiger partial charge >= 0.3 is 0 Å². The molecule has 3 aliphatic rings. The van der Waals surface area contributed by atoms with Gasteiger partial charge in [-0.3, -0.25) is 0 Å². The summed E-state index contributed by atoms with van der Waals surface area (Å²) in [5, 5.41) is 13.1. The number of nitrogens with one attached hydrogen (secondary N) is 1. The molecule has 29 heavy (non-hydrogen) atoms. The third kappa shape index (κ3) is 8.46. The highest BCUT2D eigenvalue weighted by Gasteiger charge is 2.39. The molecular formula is C25H38N2O2. The summed E-state index contributed by atoms with van der Waals surface area (Å²) in [5.74, 6) is 0. The van der Waals surface area contributed by atoms with Gasteiger partial charge in [0.2, 0.25) is 0 Å². The molecule has 2 aromatic rings. The molecule has 4 nitrogen and oxygen atoms in total. The van der Waals surface area contributed by atoms with Crippen molar-refractivity contribution in [1.29, 1.82) is 0 Å². The summed E-state index contributed by atoms with van der Waals surface area (Å²) in [4.78, 5) is 0. The Balaban J connectivity index is 0.000000168. The SMILES string of the molecule is C.C1CC[C@H]2O[C@H]2C1.Nc1ccccc1.O[C@@H]1CCCC[C@H]1Nc1ccccc1. The van der Waals surface area contributed by atoms with Crippen LogP contribution >= 0.6 is 0 Å². The van der Waals surface area contributed by atoms with E-state index >= 15 is 0 Å². The smallest absolute Gasteiger partial charge is 0.0841 e. The number of ether oxygens (including phenoxy) is 1. The quantitative estimate of drug-likeness (QED) is 0.452. The van der Waals surface area contributed by atoms with Crippen molar-refractivity contribution in [3.63, 3.8) is 0 Å². The Hall–Kier alpha value is -2.04. The number of epoxide rings is 1. The van der Waals surface area contributed by atoms with Gasteiger partial charge in [-0.15, -0.1) is 0 Å². The van der Waals surface area contributed by atoms with Gasteiger partial charge in [-0.2, -0.15) is 0 Å². The average Bonchev–Trinajstić information content (AvgIpc) is 3.52. The number of para-hydroxylation sites is 2. The third-order valence-corrected chi connectivity index (χ3v) is 5.57. The van der Waals surface area contributed by atoms with E-state index in [2.05, 4.69) is 5.32 Å². The molecule has 0 radical (unpaired) electrons. The zero-order valence-electron chi connectivity index (χ0n) is 16.7. The van der Waals surface area contributed by atoms with Gasteiger partial charge < -0.3 is 20.9 Å². The molecular weight excluding hydrogens is 360 g/mol. The summed E-state index contributed by atoms with van der Waals surface area (Å²) in [7, 11) is 0. The summed E-state index contributed by atoms with van der Waals surface area (Å²) in [6, 6.07) is 19.8. The van der Waals surface area contributed by atoms with Crippen LogP contribution in [0.5, 0.6) is 0 Å². The van der Waals surface area contributed by atoms with Crippen LogP contribution in [0.1, 0.15) is 58.8 Å². The van der Waals surface area contributed by atoms with Crippen LogP contribution < -0.4 is 11.1 Å². The van der Waals surface area contributed by atoms with Gasteiger partial charge in [-0.1, -0.05) is 69.5 Å². The number of nitrogen functional groups attached to an aromatic ring is 1. The van der Waals surface area contributed by atoms with Gasteiger partial charge in [0.1, 0.15) is 0 Å². The zero-order chi connectivity index (χ0) is 19.6. The van der Waals surface area contributed by atoms with Crippen molar-refractivity contribution in [3.05, 3.63) is 60.7 Å². The first kappa shape index (κ1) is 23.2. The largest absolute Gasteiger partial charge is 0.399 e. The van der Waals surface area contributed by atoms with Crippen molar-refractivity contribution in [2.75, 3.05) is 11.1 Å². The molecule has 0 bridgehead atoms. The molecule has 4 atom stereocenters. The fourth-order valence-corrected chi connectivity index (χ4v) is 3.86. The highest BCUT2D eigenvalue weighted by Crippen LogP contribution is 2.35. The molecule has 0 unspecified atom stereocenters. The molecule has 4 N–H and O–H groups in total. The number of rotatable bonds is 2. The summed E-state index contributed by atoms with van der Waals surface area (Å²) in [5.41, 5.74) is 7.29. The maximum absolute atomic E-state index is 9.77. The molecule has 2 aliphatic carbocycles. The van der Waals surface area contributed by atoms with E-state index < -0.39 is 0 Å². The Morgan fingerprint density at radius 2 is 1.28 bits per heavy atom. The average molecular weight is 399 g/mol. The molecule has 2 saturated carbocycles. The van der Waals surface area contributed by atoms with E-state index in [1.54, 1.807) is 0 Å². The van der Waals surface area contributed by atoms with Crippen LogP contribution in [-0.4, -0.2) is 29.5 Å². The molecule has 3 fully saturated rings. The lowest BCUT2D eigenvalue weighted by Crippen LogP contribution is -2.36. The standard InChI is InChI=1S/C12H17NO.C6H7N.C6H10O.CH4/c14-12-9-5-4-8-11(12)13-10-6-2-1-3-7-10;7-6-4-2-1-3-5-6;1-2-4-6-5(3-1)7-6;/h1-3,6-7,11-14H,4-5,8-9H2;1-5H,7H2;5-6H,1-4H2;1H4/t11-,12-;;5-,6+;/m1.../s1. The van der Waals surface area contributed by atoms with E-state index in [1.807, 2.05) is 60.7 Å². The van der Waals surface area contributed by atoms with E-state index in [4.69, 9.17) is 10.5 Å². The first-order valence-corrected chi connectivity index (χ1v) is 10.7. The van der Waals surface area contributed by atoms with Crippen LogP contribution in [0.4, 0.5) is 11.4 Å². The highest BCUT2D eigenvalue weighted by atomic mass is 16.6. The van der Waals surface area contributed by atoms with Crippen LogP contribution in [0.15, 0.2) is 60.7 Å². The lowest BCUT2D eigenvalue weighted by Gasteiger charge is -2.29. The summed E-state index contributed by atoms with van der Waals surface area (Å²) in [6.07, 6.45) is 11.1. The lowest BCUT2D eigenvalue weighted by molar-refractivity contribution is 0.116. The Bertz CT molecular complexity index is 655. The topological polar surface area (TPSA) is 70.8 Å². The molecule has 160 valence electrons. The van der Waals surface area contributed by atoms with Crippen molar-refractivity contribution >= 4 is 11.4 Å². The van der Waals surface area contributed by atoms with Gasteiger partial charge in [0.15, 0.2) is 0 Å². The van der Waals surface area contributed by atoms with E-state index in [9.17, 15) is 5.11 Å². The number of aliphatic hydroxyl groups is 1. The predicted octanol–water partition coefficient (Wildman–Crippen LogP) is 5.63. The fraction of sp³-hybridized carbons (Fsp3) is 0.520. The number of hydrogen-bond acceptors (Lipinski definition) is 4.